The van der Waals surface area contributed by atoms with Crippen molar-refractivity contribution >= 4 is 11.6 Å². The molecule has 0 spiro atoms. The van der Waals surface area contributed by atoms with Gasteiger partial charge in [-0.15, -0.1) is 0 Å². The molecule has 2 saturated carbocycles. The molecule has 1 N–H and O–H groups in total. The van der Waals surface area contributed by atoms with E-state index in [1.54, 1.807) is 5.54 Å². The largest absolute Gasteiger partial charge is 0.310 e. The second kappa shape index (κ2) is 5.18. The normalized spacial score (nSPS) is 37.6. The van der Waals surface area contributed by atoms with Gasteiger partial charge in [0.05, 0.1) is 0 Å². The molecule has 0 saturated heterocycles. The highest BCUT2D eigenvalue weighted by atomic mass is 35.5. The van der Waals surface area contributed by atoms with Crippen LogP contribution < -0.4 is 5.32 Å². The van der Waals surface area contributed by atoms with Crippen LogP contribution in [0.15, 0.2) is 11.6 Å². The average molecular weight is 214 g/mol. The third-order valence-electron chi connectivity index (χ3n) is 3.92. The van der Waals surface area contributed by atoms with Crippen LogP contribution in [0.1, 0.15) is 38.5 Å². The van der Waals surface area contributed by atoms with Crippen molar-refractivity contribution in [3.05, 3.63) is 11.6 Å². The maximum absolute atomic E-state index is 5.50. The molecular weight excluding hydrogens is 194 g/mol. The molecule has 0 aromatic heterocycles. The first-order chi connectivity index (χ1) is 6.92. The maximum atomic E-state index is 5.50. The summed E-state index contributed by atoms with van der Waals surface area (Å²) in [6, 6.07) is 0.771. The Bertz CT molecular complexity index is 202. The Labute approximate surface area is 91.9 Å². The molecule has 0 radical (unpaired) electrons. The molecule has 2 heteroatoms. The van der Waals surface area contributed by atoms with E-state index < -0.39 is 0 Å². The van der Waals surface area contributed by atoms with Crippen molar-refractivity contribution in [3.63, 3.8) is 0 Å². The minimum Gasteiger partial charge on any atom is -0.310 e. The summed E-state index contributed by atoms with van der Waals surface area (Å²) in [7, 11) is 0. The third-order valence-corrected chi connectivity index (χ3v) is 4.10. The Hall–Kier alpha value is -0.0100. The summed E-state index contributed by atoms with van der Waals surface area (Å²) in [6.07, 6.45) is 10.7. The van der Waals surface area contributed by atoms with E-state index in [1.807, 2.05) is 6.08 Å². The molecule has 2 aliphatic rings. The Morgan fingerprint density at radius 3 is 2.86 bits per heavy atom. The molecule has 0 aliphatic heterocycles. The Morgan fingerprint density at radius 2 is 2.00 bits per heavy atom. The molecule has 14 heavy (non-hydrogen) atoms. The number of rotatable bonds is 3. The number of nitrogens with one attached hydrogen (secondary N) is 1. The predicted octanol–water partition coefficient (Wildman–Crippen LogP) is 3.30. The van der Waals surface area contributed by atoms with Gasteiger partial charge < -0.3 is 5.32 Å². The van der Waals surface area contributed by atoms with E-state index in [0.29, 0.717) is 0 Å². The minimum absolute atomic E-state index is 0.771. The van der Waals surface area contributed by atoms with Gasteiger partial charge in [0.2, 0.25) is 0 Å². The standard InChI is InChI=1S/C12H20ClN/c13-8-3-9-14-12-7-6-10-4-1-2-5-11(10)12/h3,8,10-12,14H,1-2,4-7,9H2. The van der Waals surface area contributed by atoms with Crippen LogP contribution in [0.4, 0.5) is 0 Å². The van der Waals surface area contributed by atoms with E-state index in [4.69, 9.17) is 11.6 Å². The van der Waals surface area contributed by atoms with Crippen LogP contribution in [-0.4, -0.2) is 12.6 Å². The molecule has 2 fully saturated rings. The van der Waals surface area contributed by atoms with Crippen molar-refractivity contribution in [1.29, 1.82) is 0 Å². The topological polar surface area (TPSA) is 12.0 Å². The van der Waals surface area contributed by atoms with Crippen molar-refractivity contribution < 1.29 is 0 Å². The van der Waals surface area contributed by atoms with Crippen LogP contribution in [0.3, 0.4) is 0 Å². The van der Waals surface area contributed by atoms with Crippen LogP contribution in [0.2, 0.25) is 0 Å². The second-order valence-electron chi connectivity index (χ2n) is 4.66. The van der Waals surface area contributed by atoms with E-state index in [2.05, 4.69) is 5.32 Å². The highest BCUT2D eigenvalue weighted by Gasteiger charge is 2.36. The monoisotopic (exact) mass is 213 g/mol. The van der Waals surface area contributed by atoms with E-state index in [1.165, 1.54) is 38.5 Å². The lowest BCUT2D eigenvalue weighted by molar-refractivity contribution is 0.244. The Kier molecular flexibility index (Phi) is 3.89. The summed E-state index contributed by atoms with van der Waals surface area (Å²) in [4.78, 5) is 0. The lowest BCUT2D eigenvalue weighted by Crippen LogP contribution is -2.35. The number of halogens is 1. The van der Waals surface area contributed by atoms with Crippen LogP contribution >= 0.6 is 11.6 Å². The van der Waals surface area contributed by atoms with Crippen molar-refractivity contribution in [2.45, 2.75) is 44.6 Å². The van der Waals surface area contributed by atoms with Gasteiger partial charge in [0.1, 0.15) is 0 Å². The molecule has 0 bridgehead atoms. The first kappa shape index (κ1) is 10.5. The van der Waals surface area contributed by atoms with E-state index in [9.17, 15) is 0 Å². The molecule has 80 valence electrons. The van der Waals surface area contributed by atoms with Gasteiger partial charge in [-0.1, -0.05) is 36.9 Å². The fourth-order valence-corrected chi connectivity index (χ4v) is 3.34. The zero-order valence-electron chi connectivity index (χ0n) is 8.71. The zero-order valence-corrected chi connectivity index (χ0v) is 9.47. The van der Waals surface area contributed by atoms with Gasteiger partial charge in [0.25, 0.3) is 0 Å². The van der Waals surface area contributed by atoms with Crippen molar-refractivity contribution in [3.8, 4) is 0 Å². The van der Waals surface area contributed by atoms with Crippen LogP contribution in [-0.2, 0) is 0 Å². The van der Waals surface area contributed by atoms with Crippen LogP contribution in [0.5, 0.6) is 0 Å². The number of fused-ring (bicyclic) bond motifs is 1. The molecule has 2 aliphatic carbocycles. The van der Waals surface area contributed by atoms with E-state index in [0.717, 1.165) is 24.4 Å². The van der Waals surface area contributed by atoms with E-state index in [-0.39, 0.29) is 0 Å². The minimum atomic E-state index is 0.771. The summed E-state index contributed by atoms with van der Waals surface area (Å²) in [5, 5.41) is 3.61. The van der Waals surface area contributed by atoms with Gasteiger partial charge in [-0.2, -0.15) is 0 Å². The third kappa shape index (κ3) is 2.32. The lowest BCUT2D eigenvalue weighted by atomic mass is 9.80. The quantitative estimate of drug-likeness (QED) is 0.759. The van der Waals surface area contributed by atoms with Crippen molar-refractivity contribution in [2.75, 3.05) is 6.54 Å². The molecule has 0 aromatic carbocycles. The summed E-state index contributed by atoms with van der Waals surface area (Å²) in [5.74, 6) is 1.99. The highest BCUT2D eigenvalue weighted by Crippen LogP contribution is 2.42. The second-order valence-corrected chi connectivity index (χ2v) is 4.91. The van der Waals surface area contributed by atoms with Crippen LogP contribution in [0.25, 0.3) is 0 Å². The molecule has 3 atom stereocenters. The first-order valence-electron chi connectivity index (χ1n) is 5.90. The highest BCUT2D eigenvalue weighted by molar-refractivity contribution is 6.25. The molecule has 0 heterocycles. The molecular formula is C12H20ClN. The first-order valence-corrected chi connectivity index (χ1v) is 6.34. The van der Waals surface area contributed by atoms with E-state index >= 15 is 0 Å². The molecule has 1 nitrogen and oxygen atoms in total. The summed E-state index contributed by atoms with van der Waals surface area (Å²) >= 11 is 5.50. The fourth-order valence-electron chi connectivity index (χ4n) is 3.25. The lowest BCUT2D eigenvalue weighted by Gasteiger charge is -2.29. The zero-order chi connectivity index (χ0) is 9.80. The predicted molar refractivity (Wildman–Crippen MR) is 61.5 cm³/mol. The Balaban J connectivity index is 1.81. The van der Waals surface area contributed by atoms with Gasteiger partial charge in [0.15, 0.2) is 0 Å². The van der Waals surface area contributed by atoms with Crippen molar-refractivity contribution in [2.24, 2.45) is 11.8 Å². The smallest absolute Gasteiger partial charge is 0.0149 e. The number of hydrogen-bond acceptors (Lipinski definition) is 1. The Morgan fingerprint density at radius 1 is 1.14 bits per heavy atom. The summed E-state index contributed by atoms with van der Waals surface area (Å²) in [5.41, 5.74) is 1.61. The molecule has 3 unspecified atom stereocenters. The summed E-state index contributed by atoms with van der Waals surface area (Å²) < 4.78 is 0. The van der Waals surface area contributed by atoms with Gasteiger partial charge >= 0.3 is 0 Å². The van der Waals surface area contributed by atoms with Crippen molar-refractivity contribution in [1.82, 2.24) is 5.32 Å². The van der Waals surface area contributed by atoms with Gasteiger partial charge in [-0.3, -0.25) is 0 Å². The SMILES string of the molecule is ClC=CCNC1CCC2CCCCC21. The average Bonchev–Trinajstić information content (AvgIpc) is 2.63. The molecule has 2 rings (SSSR count). The number of hydrogen-bond donors (Lipinski definition) is 1. The van der Waals surface area contributed by atoms with Crippen LogP contribution in [0, 0.1) is 11.8 Å². The molecule has 0 aromatic rings. The van der Waals surface area contributed by atoms with Gasteiger partial charge in [-0.25, -0.2) is 0 Å². The maximum Gasteiger partial charge on any atom is 0.0149 e. The summed E-state index contributed by atoms with van der Waals surface area (Å²) in [6.45, 7) is 0.942. The van der Waals surface area contributed by atoms with Gasteiger partial charge in [0, 0.05) is 18.1 Å². The fraction of sp³-hybridized carbons (Fsp3) is 0.833. The molecule has 0 amide bonds. The van der Waals surface area contributed by atoms with Gasteiger partial charge in [-0.05, 0) is 31.1 Å².